The van der Waals surface area contributed by atoms with Crippen molar-refractivity contribution >= 4 is 16.9 Å². The fourth-order valence-electron chi connectivity index (χ4n) is 4.69. The van der Waals surface area contributed by atoms with Crippen LogP contribution in [-0.2, 0) is 4.74 Å². The van der Waals surface area contributed by atoms with Crippen molar-refractivity contribution in [3.63, 3.8) is 0 Å². The second-order valence-electron chi connectivity index (χ2n) is 9.60. The third kappa shape index (κ3) is 4.41. The molecule has 2 fully saturated rings. The highest BCUT2D eigenvalue weighted by molar-refractivity contribution is 5.95. The van der Waals surface area contributed by atoms with Gasteiger partial charge in [0.15, 0.2) is 17.2 Å². The predicted molar refractivity (Wildman–Crippen MR) is 112 cm³/mol. The zero-order chi connectivity index (χ0) is 20.6. The number of nitrogens with zero attached hydrogens (tertiary/aromatic N) is 2. The molecule has 1 saturated carbocycles. The minimum absolute atomic E-state index is 0.146. The van der Waals surface area contributed by atoms with Crippen molar-refractivity contribution in [2.75, 3.05) is 19.6 Å². The van der Waals surface area contributed by atoms with Gasteiger partial charge in [-0.3, -0.25) is 9.78 Å². The lowest BCUT2D eigenvalue weighted by Gasteiger charge is -2.53. The number of hydrogen-bond acceptors (Lipinski definition) is 5. The molecule has 6 nitrogen and oxygen atoms in total. The summed E-state index contributed by atoms with van der Waals surface area (Å²) in [6.07, 6.45) is 8.02. The molecule has 1 amide bonds. The molecular weight excluding hydrogens is 366 g/mol. The van der Waals surface area contributed by atoms with Gasteiger partial charge in [-0.25, -0.2) is 0 Å². The van der Waals surface area contributed by atoms with Gasteiger partial charge in [0, 0.05) is 31.2 Å². The third-order valence-electron chi connectivity index (χ3n) is 6.14. The summed E-state index contributed by atoms with van der Waals surface area (Å²) in [7, 11) is 0. The Bertz CT molecular complexity index is 862. The summed E-state index contributed by atoms with van der Waals surface area (Å²) in [5.41, 5.74) is 0.866. The Morgan fingerprint density at radius 3 is 2.76 bits per heavy atom. The molecule has 156 valence electrons. The molecule has 1 spiro atoms. The zero-order valence-corrected chi connectivity index (χ0v) is 17.7. The van der Waals surface area contributed by atoms with Crippen LogP contribution in [0, 0.1) is 11.3 Å². The van der Waals surface area contributed by atoms with Crippen LogP contribution >= 0.6 is 0 Å². The minimum Gasteiger partial charge on any atom is -0.474 e. The lowest BCUT2D eigenvalue weighted by molar-refractivity contribution is -0.0450. The fraction of sp³-hybridized carbons (Fsp3) is 0.565. The largest absolute Gasteiger partial charge is 0.474 e. The smallest absolute Gasteiger partial charge is 0.287 e. The van der Waals surface area contributed by atoms with Gasteiger partial charge in [-0.1, -0.05) is 0 Å². The van der Waals surface area contributed by atoms with Gasteiger partial charge in [-0.05, 0) is 76.5 Å². The van der Waals surface area contributed by atoms with E-state index in [4.69, 9.17) is 9.15 Å². The minimum atomic E-state index is -0.206. The Morgan fingerprint density at radius 1 is 1.38 bits per heavy atom. The van der Waals surface area contributed by atoms with Crippen molar-refractivity contribution in [1.82, 2.24) is 15.2 Å². The van der Waals surface area contributed by atoms with Crippen LogP contribution < -0.4 is 5.32 Å². The number of likely N-dealkylation sites (tertiary alicyclic amines) is 1. The predicted octanol–water partition coefficient (Wildman–Crippen LogP) is 4.34. The topological polar surface area (TPSA) is 67.6 Å². The number of aromatic nitrogens is 1. The molecule has 1 aliphatic heterocycles. The molecule has 4 rings (SSSR count). The number of pyridine rings is 1. The van der Waals surface area contributed by atoms with E-state index in [0.29, 0.717) is 29.2 Å². The van der Waals surface area contributed by atoms with Gasteiger partial charge in [0.25, 0.3) is 5.91 Å². The molecule has 3 heterocycles. The number of piperidine rings is 1. The van der Waals surface area contributed by atoms with Gasteiger partial charge in [0.05, 0.1) is 6.20 Å². The van der Waals surface area contributed by atoms with Gasteiger partial charge in [0.1, 0.15) is 5.60 Å². The van der Waals surface area contributed by atoms with Gasteiger partial charge >= 0.3 is 0 Å². The Morgan fingerprint density at radius 2 is 2.10 bits per heavy atom. The first kappa shape index (κ1) is 19.8. The van der Waals surface area contributed by atoms with Crippen LogP contribution in [0.25, 0.3) is 11.0 Å². The first-order valence-electron chi connectivity index (χ1n) is 10.5. The molecule has 0 unspecified atom stereocenters. The molecule has 2 aliphatic rings. The Hall–Kier alpha value is -2.50. The first-order chi connectivity index (χ1) is 13.7. The van der Waals surface area contributed by atoms with Crippen LogP contribution in [-0.4, -0.2) is 41.0 Å². The van der Waals surface area contributed by atoms with Gasteiger partial charge < -0.3 is 19.4 Å². The van der Waals surface area contributed by atoms with Gasteiger partial charge in [0.2, 0.25) is 0 Å². The highest BCUT2D eigenvalue weighted by atomic mass is 16.5. The van der Waals surface area contributed by atoms with E-state index in [1.54, 1.807) is 18.5 Å². The van der Waals surface area contributed by atoms with Crippen LogP contribution in [0.1, 0.15) is 57.0 Å². The molecule has 0 aromatic carbocycles. The van der Waals surface area contributed by atoms with Crippen molar-refractivity contribution in [3.05, 3.63) is 42.7 Å². The van der Waals surface area contributed by atoms with Crippen LogP contribution in [0.2, 0.25) is 0 Å². The lowest BCUT2D eigenvalue weighted by Crippen LogP contribution is -2.49. The van der Waals surface area contributed by atoms with Crippen molar-refractivity contribution in [2.24, 2.45) is 11.3 Å². The molecule has 6 heteroatoms. The number of ether oxygens (including phenoxy) is 1. The molecular formula is C23H31N3O3. The molecule has 1 N–H and O–H groups in total. The van der Waals surface area contributed by atoms with E-state index in [-0.39, 0.29) is 11.5 Å². The Kier molecular flexibility index (Phi) is 5.05. The summed E-state index contributed by atoms with van der Waals surface area (Å²) in [6.45, 7) is 13.0. The van der Waals surface area contributed by atoms with E-state index in [9.17, 15) is 4.79 Å². The quantitative estimate of drug-likeness (QED) is 0.761. The molecule has 0 atom stereocenters. The zero-order valence-electron chi connectivity index (χ0n) is 17.7. The summed E-state index contributed by atoms with van der Waals surface area (Å²) in [6, 6.07) is 3.62. The summed E-state index contributed by atoms with van der Waals surface area (Å²) in [5, 5.41) is 3.94. The number of carbonyl (C=O) groups excluding carboxylic acids is 1. The number of amides is 1. The monoisotopic (exact) mass is 397 g/mol. The summed E-state index contributed by atoms with van der Waals surface area (Å²) in [5.74, 6) is 1.54. The van der Waals surface area contributed by atoms with Crippen LogP contribution in [0.15, 0.2) is 41.4 Å². The maximum atomic E-state index is 12.4. The van der Waals surface area contributed by atoms with Crippen molar-refractivity contribution in [2.45, 2.75) is 52.1 Å². The molecule has 2 aromatic heterocycles. The van der Waals surface area contributed by atoms with E-state index in [1.165, 1.54) is 25.7 Å². The Balaban J connectivity index is 1.21. The van der Waals surface area contributed by atoms with Crippen molar-refractivity contribution in [1.29, 1.82) is 0 Å². The summed E-state index contributed by atoms with van der Waals surface area (Å²) >= 11 is 0. The molecule has 2 aromatic rings. The highest BCUT2D eigenvalue weighted by Gasteiger charge is 2.46. The maximum Gasteiger partial charge on any atom is 0.287 e. The number of nitrogens with one attached hydrogen (secondary N) is 1. The van der Waals surface area contributed by atoms with Gasteiger partial charge in [-0.15, -0.1) is 0 Å². The average molecular weight is 398 g/mol. The van der Waals surface area contributed by atoms with E-state index in [2.05, 4.69) is 42.6 Å². The number of carbonyl (C=O) groups is 1. The molecule has 0 bridgehead atoms. The summed E-state index contributed by atoms with van der Waals surface area (Å²) in [4.78, 5) is 18.7. The second-order valence-corrected chi connectivity index (χ2v) is 9.60. The number of rotatable bonds is 5. The van der Waals surface area contributed by atoms with E-state index in [1.807, 2.05) is 6.07 Å². The normalized spacial score (nSPS) is 19.2. The Labute approximate surface area is 172 Å². The van der Waals surface area contributed by atoms with Gasteiger partial charge in [-0.2, -0.15) is 0 Å². The fourth-order valence-corrected chi connectivity index (χ4v) is 4.69. The summed E-state index contributed by atoms with van der Waals surface area (Å²) < 4.78 is 11.5. The maximum absolute atomic E-state index is 12.4. The van der Waals surface area contributed by atoms with E-state index < -0.39 is 0 Å². The number of furan rings is 1. The molecule has 1 aliphatic carbocycles. The van der Waals surface area contributed by atoms with Crippen LogP contribution in [0.3, 0.4) is 0 Å². The molecule has 0 radical (unpaired) electrons. The third-order valence-corrected chi connectivity index (χ3v) is 6.14. The number of fused-ring (bicyclic) bond motifs is 1. The standard InChI is InChI=1S/C23H31N3O3/c1-16(29-22(2,3)4)26-9-6-23(7-10-26)12-17(13-23)14-25-21(27)19-11-18-5-8-24-15-20(18)28-19/h5,8,11,15,17H,1,6-7,9-10,12-14H2,2-4H3,(H,25,27). The number of hydrogen-bond donors (Lipinski definition) is 1. The average Bonchev–Trinajstić information content (AvgIpc) is 3.07. The first-order valence-corrected chi connectivity index (χ1v) is 10.5. The molecule has 1 saturated heterocycles. The van der Waals surface area contributed by atoms with Crippen LogP contribution in [0.4, 0.5) is 0 Å². The van der Waals surface area contributed by atoms with Crippen LogP contribution in [0.5, 0.6) is 0 Å². The van der Waals surface area contributed by atoms with Crippen molar-refractivity contribution < 1.29 is 13.9 Å². The van der Waals surface area contributed by atoms with E-state index >= 15 is 0 Å². The molecule has 29 heavy (non-hydrogen) atoms. The highest BCUT2D eigenvalue weighted by Crippen LogP contribution is 2.52. The van der Waals surface area contributed by atoms with E-state index in [0.717, 1.165) is 24.4 Å². The lowest BCUT2D eigenvalue weighted by atomic mass is 9.57. The van der Waals surface area contributed by atoms with Crippen molar-refractivity contribution in [3.8, 4) is 0 Å². The second kappa shape index (κ2) is 7.39. The SMILES string of the molecule is C=C(OC(C)(C)C)N1CCC2(CC1)CC(CNC(=O)c1cc3ccncc3o1)C2.